The summed E-state index contributed by atoms with van der Waals surface area (Å²) < 4.78 is 1.49. The average molecular weight is 255 g/mol. The van der Waals surface area contributed by atoms with Gasteiger partial charge in [-0.2, -0.15) is 5.10 Å². The Labute approximate surface area is 104 Å². The van der Waals surface area contributed by atoms with Crippen LogP contribution in [0.15, 0.2) is 6.20 Å². The van der Waals surface area contributed by atoms with Crippen LogP contribution in [-0.2, 0) is 18.3 Å². The van der Waals surface area contributed by atoms with Gasteiger partial charge in [-0.05, 0) is 13.3 Å². The van der Waals surface area contributed by atoms with Gasteiger partial charge in [-0.15, -0.1) is 0 Å². The molecule has 0 spiro atoms. The molecule has 0 saturated heterocycles. The van der Waals surface area contributed by atoms with Crippen LogP contribution in [0.25, 0.3) is 0 Å². The van der Waals surface area contributed by atoms with Crippen molar-refractivity contribution in [3.8, 4) is 0 Å². The van der Waals surface area contributed by atoms with Crippen LogP contribution < -0.4 is 5.32 Å². The summed E-state index contributed by atoms with van der Waals surface area (Å²) in [7, 11) is 1.68. The minimum absolute atomic E-state index is 0.326. The summed E-state index contributed by atoms with van der Waals surface area (Å²) >= 11 is 0. The van der Waals surface area contributed by atoms with E-state index in [9.17, 15) is 14.7 Å². The zero-order valence-corrected chi connectivity index (χ0v) is 10.5. The molecule has 100 valence electrons. The summed E-state index contributed by atoms with van der Waals surface area (Å²) in [6.45, 7) is 3.16. The van der Waals surface area contributed by atoms with Gasteiger partial charge in [-0.3, -0.25) is 9.48 Å². The Bertz CT molecular complexity index is 453. The fourth-order valence-electron chi connectivity index (χ4n) is 1.59. The lowest BCUT2D eigenvalue weighted by molar-refractivity contribution is -0.141. The summed E-state index contributed by atoms with van der Waals surface area (Å²) in [5.74, 6) is -1.83. The smallest absolute Gasteiger partial charge is 0.328 e. The highest BCUT2D eigenvalue weighted by molar-refractivity contribution is 5.97. The van der Waals surface area contributed by atoms with Crippen molar-refractivity contribution in [2.24, 2.45) is 7.05 Å². The van der Waals surface area contributed by atoms with Crippen LogP contribution in [0.5, 0.6) is 0 Å². The van der Waals surface area contributed by atoms with Crippen molar-refractivity contribution in [2.75, 3.05) is 0 Å². The predicted octanol–water partition coefficient (Wildman–Crippen LogP) is -0.454. The van der Waals surface area contributed by atoms with Crippen molar-refractivity contribution >= 4 is 11.9 Å². The van der Waals surface area contributed by atoms with Crippen molar-refractivity contribution in [3.05, 3.63) is 17.5 Å². The number of rotatable bonds is 5. The molecular weight excluding hydrogens is 238 g/mol. The van der Waals surface area contributed by atoms with E-state index >= 15 is 0 Å². The molecule has 1 heterocycles. The Balaban J connectivity index is 2.90. The number of aryl methyl sites for hydroxylation is 2. The highest BCUT2D eigenvalue weighted by Gasteiger charge is 2.26. The third-order valence-electron chi connectivity index (χ3n) is 2.52. The topological polar surface area (TPSA) is 104 Å². The number of hydrogen-bond acceptors (Lipinski definition) is 4. The first kappa shape index (κ1) is 14.2. The van der Waals surface area contributed by atoms with E-state index in [2.05, 4.69) is 10.4 Å². The van der Waals surface area contributed by atoms with Crippen LogP contribution in [-0.4, -0.2) is 44.0 Å². The van der Waals surface area contributed by atoms with Gasteiger partial charge >= 0.3 is 5.97 Å². The second-order valence-electron chi connectivity index (χ2n) is 4.05. The molecule has 1 aromatic rings. The van der Waals surface area contributed by atoms with Gasteiger partial charge in [0.15, 0.2) is 6.04 Å². The summed E-state index contributed by atoms with van der Waals surface area (Å²) in [5.41, 5.74) is 0.914. The van der Waals surface area contributed by atoms with Gasteiger partial charge < -0.3 is 15.5 Å². The molecule has 0 aliphatic heterocycles. The number of aliphatic hydroxyl groups is 1. The molecule has 1 rings (SSSR count). The van der Waals surface area contributed by atoms with Crippen molar-refractivity contribution in [3.63, 3.8) is 0 Å². The predicted molar refractivity (Wildman–Crippen MR) is 63.2 cm³/mol. The Morgan fingerprint density at radius 2 is 2.17 bits per heavy atom. The molecule has 7 heteroatoms. The lowest BCUT2D eigenvalue weighted by Gasteiger charge is -2.16. The lowest BCUT2D eigenvalue weighted by atomic mass is 10.1. The molecule has 18 heavy (non-hydrogen) atoms. The number of aliphatic carboxylic acids is 1. The fourth-order valence-corrected chi connectivity index (χ4v) is 1.59. The van der Waals surface area contributed by atoms with E-state index < -0.39 is 24.0 Å². The molecule has 2 unspecified atom stereocenters. The number of aliphatic hydroxyl groups excluding tert-OH is 1. The number of carboxylic acid groups (broad SMARTS) is 1. The van der Waals surface area contributed by atoms with Gasteiger partial charge in [-0.1, -0.05) is 6.92 Å². The molecule has 1 aromatic heterocycles. The number of nitrogens with zero attached hydrogens (tertiary/aromatic N) is 2. The third-order valence-corrected chi connectivity index (χ3v) is 2.52. The highest BCUT2D eigenvalue weighted by Crippen LogP contribution is 2.08. The molecular formula is C11H17N3O4. The Morgan fingerprint density at radius 1 is 1.56 bits per heavy atom. The van der Waals surface area contributed by atoms with Gasteiger partial charge in [0, 0.05) is 13.2 Å². The summed E-state index contributed by atoms with van der Waals surface area (Å²) in [6.07, 6.45) is 0.915. The molecule has 0 fully saturated rings. The molecule has 0 aliphatic carbocycles. The number of carbonyl (C=O) groups is 2. The molecule has 1 amide bonds. The number of carboxylic acids is 1. The average Bonchev–Trinajstić information content (AvgIpc) is 2.66. The third kappa shape index (κ3) is 3.07. The SMILES string of the molecule is CCc1nn(C)cc1C(=O)NC(C(=O)O)C(C)O. The largest absolute Gasteiger partial charge is 0.480 e. The fraction of sp³-hybridized carbons (Fsp3) is 0.545. The number of amides is 1. The quantitative estimate of drug-likeness (QED) is 0.660. The maximum atomic E-state index is 11.9. The minimum Gasteiger partial charge on any atom is -0.480 e. The normalized spacial score (nSPS) is 14.0. The van der Waals surface area contributed by atoms with E-state index in [1.54, 1.807) is 7.05 Å². The van der Waals surface area contributed by atoms with Crippen LogP contribution in [0.4, 0.5) is 0 Å². The Hall–Kier alpha value is -1.89. The standard InChI is InChI=1S/C11H17N3O4/c1-4-8-7(5-14(3)13-8)10(16)12-9(6(2)15)11(17)18/h5-6,9,15H,4H2,1-3H3,(H,12,16)(H,17,18). The second kappa shape index (κ2) is 5.63. The molecule has 3 N–H and O–H groups in total. The molecule has 2 atom stereocenters. The van der Waals surface area contributed by atoms with Gasteiger partial charge in [0.2, 0.25) is 0 Å². The van der Waals surface area contributed by atoms with E-state index in [-0.39, 0.29) is 0 Å². The highest BCUT2D eigenvalue weighted by atomic mass is 16.4. The van der Waals surface area contributed by atoms with E-state index in [1.807, 2.05) is 6.92 Å². The van der Waals surface area contributed by atoms with E-state index in [4.69, 9.17) is 5.11 Å². The minimum atomic E-state index is -1.33. The van der Waals surface area contributed by atoms with E-state index in [1.165, 1.54) is 17.8 Å². The molecule has 0 bridgehead atoms. The van der Waals surface area contributed by atoms with E-state index in [0.29, 0.717) is 17.7 Å². The zero-order valence-electron chi connectivity index (χ0n) is 10.5. The van der Waals surface area contributed by atoms with Crippen molar-refractivity contribution in [2.45, 2.75) is 32.4 Å². The second-order valence-corrected chi connectivity index (χ2v) is 4.05. The van der Waals surface area contributed by atoms with Crippen LogP contribution in [0.2, 0.25) is 0 Å². The number of carbonyl (C=O) groups excluding carboxylic acids is 1. The first-order valence-electron chi connectivity index (χ1n) is 5.61. The van der Waals surface area contributed by atoms with Crippen molar-refractivity contribution in [1.82, 2.24) is 15.1 Å². The summed E-state index contributed by atoms with van der Waals surface area (Å²) in [6, 6.07) is -1.33. The molecule has 7 nitrogen and oxygen atoms in total. The molecule has 0 radical (unpaired) electrons. The van der Waals surface area contributed by atoms with Crippen molar-refractivity contribution in [1.29, 1.82) is 0 Å². The lowest BCUT2D eigenvalue weighted by Crippen LogP contribution is -2.47. The molecule has 0 aromatic carbocycles. The zero-order chi connectivity index (χ0) is 13.9. The van der Waals surface area contributed by atoms with Crippen LogP contribution in [0.1, 0.15) is 29.9 Å². The van der Waals surface area contributed by atoms with Gasteiger partial charge in [0.25, 0.3) is 5.91 Å². The molecule has 0 saturated carbocycles. The Kier molecular flexibility index (Phi) is 4.43. The van der Waals surface area contributed by atoms with Crippen LogP contribution >= 0.6 is 0 Å². The van der Waals surface area contributed by atoms with Crippen LogP contribution in [0.3, 0.4) is 0 Å². The van der Waals surface area contributed by atoms with Gasteiger partial charge in [0.1, 0.15) is 0 Å². The molecule has 0 aliphatic rings. The number of aromatic nitrogens is 2. The number of hydrogen-bond donors (Lipinski definition) is 3. The Morgan fingerprint density at radius 3 is 2.61 bits per heavy atom. The maximum Gasteiger partial charge on any atom is 0.328 e. The van der Waals surface area contributed by atoms with E-state index in [0.717, 1.165) is 0 Å². The summed E-state index contributed by atoms with van der Waals surface area (Å²) in [4.78, 5) is 22.8. The first-order chi connectivity index (χ1) is 8.36. The summed E-state index contributed by atoms with van der Waals surface area (Å²) in [5, 5.41) is 24.5. The first-order valence-corrected chi connectivity index (χ1v) is 5.61. The van der Waals surface area contributed by atoms with Gasteiger partial charge in [-0.25, -0.2) is 4.79 Å². The maximum absolute atomic E-state index is 11.9. The van der Waals surface area contributed by atoms with Crippen molar-refractivity contribution < 1.29 is 19.8 Å². The van der Waals surface area contributed by atoms with Gasteiger partial charge in [0.05, 0.1) is 17.4 Å². The number of nitrogens with one attached hydrogen (secondary N) is 1. The van der Waals surface area contributed by atoms with Crippen LogP contribution in [0, 0.1) is 0 Å². The monoisotopic (exact) mass is 255 g/mol.